The van der Waals surface area contributed by atoms with E-state index in [1.165, 1.54) is 6.20 Å². The Morgan fingerprint density at radius 1 is 1.41 bits per heavy atom. The van der Waals surface area contributed by atoms with Crippen LogP contribution in [0.25, 0.3) is 0 Å². The molecule has 2 aromatic heterocycles. The molecule has 0 aromatic carbocycles. The lowest BCUT2D eigenvalue weighted by atomic mass is 10.4. The molecule has 0 spiro atoms. The van der Waals surface area contributed by atoms with Gasteiger partial charge in [0, 0.05) is 16.9 Å². The molecule has 0 saturated carbocycles. The number of hydrogen-bond acceptors (Lipinski definition) is 5. The summed E-state index contributed by atoms with van der Waals surface area (Å²) >= 11 is 8.11. The highest BCUT2D eigenvalue weighted by molar-refractivity contribution is 9.10. The summed E-state index contributed by atoms with van der Waals surface area (Å²) in [7, 11) is 0. The van der Waals surface area contributed by atoms with E-state index in [0.29, 0.717) is 11.4 Å². The summed E-state index contributed by atoms with van der Waals surface area (Å²) < 4.78 is 6.23. The molecule has 0 aliphatic heterocycles. The fraction of sp³-hybridized carbons (Fsp3) is 0. The number of pyridine rings is 1. The summed E-state index contributed by atoms with van der Waals surface area (Å²) in [5.41, 5.74) is 5.93. The molecule has 0 radical (unpaired) electrons. The fourth-order valence-corrected chi connectivity index (χ4v) is 1.54. The van der Waals surface area contributed by atoms with Gasteiger partial charge in [-0.3, -0.25) is 4.98 Å². The Labute approximate surface area is 111 Å². The minimum absolute atomic E-state index is 0.176. The molecule has 0 bridgehead atoms. The highest BCUT2D eigenvalue weighted by Crippen LogP contribution is 2.20. The van der Waals surface area contributed by atoms with Gasteiger partial charge in [-0.25, -0.2) is 4.98 Å². The molecule has 86 valence electrons. The number of nitrogens with zero attached hydrogens (tertiary/aromatic N) is 3. The van der Waals surface area contributed by atoms with Crippen molar-refractivity contribution in [1.29, 1.82) is 0 Å². The van der Waals surface area contributed by atoms with Gasteiger partial charge in [-0.05, 0) is 28.1 Å². The first-order chi connectivity index (χ1) is 8.15. The van der Waals surface area contributed by atoms with E-state index in [-0.39, 0.29) is 11.0 Å². The molecule has 2 aromatic rings. The second kappa shape index (κ2) is 5.15. The molecule has 0 fully saturated rings. The van der Waals surface area contributed by atoms with Gasteiger partial charge in [0.25, 0.3) is 0 Å². The van der Waals surface area contributed by atoms with Crippen molar-refractivity contribution < 1.29 is 4.74 Å². The van der Waals surface area contributed by atoms with E-state index in [1.54, 1.807) is 24.5 Å². The number of ether oxygens (including phenoxy) is 1. The minimum atomic E-state index is 0.176. The van der Waals surface area contributed by atoms with Crippen molar-refractivity contribution >= 4 is 33.1 Å². The van der Waals surface area contributed by atoms with Crippen LogP contribution in [0.1, 0.15) is 5.69 Å². The standard InChI is InChI=1S/C10H7BrN4OS/c11-6-3-7(5-13-4-6)16-10-14-2-1-8(15-10)9(12)17/h1-5H,(H2,12,17). The second-order valence-electron chi connectivity index (χ2n) is 3.03. The average Bonchev–Trinajstić information content (AvgIpc) is 2.29. The van der Waals surface area contributed by atoms with Crippen LogP contribution in [0.5, 0.6) is 11.8 Å². The van der Waals surface area contributed by atoms with Gasteiger partial charge in [-0.15, -0.1) is 0 Å². The van der Waals surface area contributed by atoms with Gasteiger partial charge in [0.15, 0.2) is 5.75 Å². The fourth-order valence-electron chi connectivity index (χ4n) is 1.08. The monoisotopic (exact) mass is 310 g/mol. The molecule has 2 heterocycles. The Hall–Kier alpha value is -1.60. The highest BCUT2D eigenvalue weighted by Gasteiger charge is 2.04. The van der Waals surface area contributed by atoms with Crippen LogP contribution in [-0.2, 0) is 0 Å². The van der Waals surface area contributed by atoms with Gasteiger partial charge < -0.3 is 10.5 Å². The summed E-state index contributed by atoms with van der Waals surface area (Å²) in [6.45, 7) is 0. The molecular weight excluding hydrogens is 304 g/mol. The number of nitrogens with two attached hydrogens (primary N) is 1. The topological polar surface area (TPSA) is 73.9 Å². The lowest BCUT2D eigenvalue weighted by molar-refractivity contribution is 0.439. The second-order valence-corrected chi connectivity index (χ2v) is 4.39. The molecule has 2 rings (SSSR count). The number of rotatable bonds is 3. The molecule has 5 nitrogen and oxygen atoms in total. The van der Waals surface area contributed by atoms with Crippen molar-refractivity contribution in [3.05, 3.63) is 40.9 Å². The van der Waals surface area contributed by atoms with E-state index in [9.17, 15) is 0 Å². The van der Waals surface area contributed by atoms with E-state index in [0.717, 1.165) is 4.47 Å². The van der Waals surface area contributed by atoms with Crippen molar-refractivity contribution in [2.45, 2.75) is 0 Å². The number of halogens is 1. The first-order valence-electron chi connectivity index (χ1n) is 4.56. The van der Waals surface area contributed by atoms with Gasteiger partial charge in [-0.2, -0.15) is 4.98 Å². The van der Waals surface area contributed by atoms with E-state index in [4.69, 9.17) is 22.7 Å². The third-order valence-corrected chi connectivity index (χ3v) is 2.42. The van der Waals surface area contributed by atoms with Crippen LogP contribution in [0, 0.1) is 0 Å². The lowest BCUT2D eigenvalue weighted by Crippen LogP contribution is -2.12. The summed E-state index contributed by atoms with van der Waals surface area (Å²) in [5, 5.41) is 0. The Morgan fingerprint density at radius 2 is 2.24 bits per heavy atom. The average molecular weight is 311 g/mol. The predicted octanol–water partition coefficient (Wildman–Crippen LogP) is 2.06. The third kappa shape index (κ3) is 3.18. The molecule has 0 amide bonds. The highest BCUT2D eigenvalue weighted by atomic mass is 79.9. The Balaban J connectivity index is 2.24. The van der Waals surface area contributed by atoms with Crippen LogP contribution in [-0.4, -0.2) is 19.9 Å². The first-order valence-corrected chi connectivity index (χ1v) is 5.76. The number of hydrogen-bond donors (Lipinski definition) is 1. The zero-order valence-electron chi connectivity index (χ0n) is 8.50. The summed E-state index contributed by atoms with van der Waals surface area (Å²) in [6, 6.07) is 3.55. The summed E-state index contributed by atoms with van der Waals surface area (Å²) in [5.74, 6) is 0.527. The maximum Gasteiger partial charge on any atom is 0.322 e. The van der Waals surface area contributed by atoms with Crippen LogP contribution in [0.15, 0.2) is 35.2 Å². The molecule has 0 saturated heterocycles. The van der Waals surface area contributed by atoms with Crippen LogP contribution >= 0.6 is 28.1 Å². The number of aromatic nitrogens is 3. The third-order valence-electron chi connectivity index (χ3n) is 1.77. The quantitative estimate of drug-likeness (QED) is 0.875. The van der Waals surface area contributed by atoms with Crippen LogP contribution in [0.2, 0.25) is 0 Å². The van der Waals surface area contributed by atoms with E-state index < -0.39 is 0 Å². The zero-order valence-corrected chi connectivity index (χ0v) is 10.9. The molecule has 0 aliphatic carbocycles. The van der Waals surface area contributed by atoms with Gasteiger partial charge in [-0.1, -0.05) is 12.2 Å². The van der Waals surface area contributed by atoms with E-state index in [2.05, 4.69) is 30.9 Å². The van der Waals surface area contributed by atoms with Crippen LogP contribution in [0.3, 0.4) is 0 Å². The molecule has 2 N–H and O–H groups in total. The maximum atomic E-state index is 5.47. The molecule has 7 heteroatoms. The number of thiocarbonyl (C=S) groups is 1. The van der Waals surface area contributed by atoms with Crippen molar-refractivity contribution in [3.63, 3.8) is 0 Å². The molecule has 0 atom stereocenters. The Bertz CT molecular complexity index is 564. The van der Waals surface area contributed by atoms with Gasteiger partial charge in [0.1, 0.15) is 10.7 Å². The zero-order chi connectivity index (χ0) is 12.3. The van der Waals surface area contributed by atoms with Crippen molar-refractivity contribution in [2.75, 3.05) is 0 Å². The van der Waals surface area contributed by atoms with Crippen molar-refractivity contribution in [1.82, 2.24) is 15.0 Å². The maximum absolute atomic E-state index is 5.47. The first kappa shape index (κ1) is 11.9. The molecule has 0 aliphatic rings. The van der Waals surface area contributed by atoms with Crippen LogP contribution < -0.4 is 10.5 Å². The van der Waals surface area contributed by atoms with Crippen molar-refractivity contribution in [3.8, 4) is 11.8 Å². The predicted molar refractivity (Wildman–Crippen MR) is 69.9 cm³/mol. The summed E-state index contributed by atoms with van der Waals surface area (Å²) in [6.07, 6.45) is 4.74. The van der Waals surface area contributed by atoms with E-state index in [1.807, 2.05) is 0 Å². The largest absolute Gasteiger partial charge is 0.423 e. The van der Waals surface area contributed by atoms with Crippen molar-refractivity contribution in [2.24, 2.45) is 5.73 Å². The SMILES string of the molecule is NC(=S)c1ccnc(Oc2cncc(Br)c2)n1. The van der Waals surface area contributed by atoms with E-state index >= 15 is 0 Å². The minimum Gasteiger partial charge on any atom is -0.423 e. The van der Waals surface area contributed by atoms with Gasteiger partial charge >= 0.3 is 6.01 Å². The van der Waals surface area contributed by atoms with Gasteiger partial charge in [0.2, 0.25) is 0 Å². The van der Waals surface area contributed by atoms with Gasteiger partial charge in [0.05, 0.1) is 6.20 Å². The Morgan fingerprint density at radius 3 is 2.94 bits per heavy atom. The molecule has 17 heavy (non-hydrogen) atoms. The molecular formula is C10H7BrN4OS. The normalized spacial score (nSPS) is 9.94. The lowest BCUT2D eigenvalue weighted by Gasteiger charge is -2.04. The smallest absolute Gasteiger partial charge is 0.322 e. The van der Waals surface area contributed by atoms with Crippen LogP contribution in [0.4, 0.5) is 0 Å². The Kier molecular flexibility index (Phi) is 3.60. The molecule has 0 unspecified atom stereocenters. The summed E-state index contributed by atoms with van der Waals surface area (Å²) in [4.78, 5) is 12.2.